The lowest BCUT2D eigenvalue weighted by Crippen LogP contribution is -2.42. The highest BCUT2D eigenvalue weighted by molar-refractivity contribution is 5.81. The predicted molar refractivity (Wildman–Crippen MR) is 107 cm³/mol. The van der Waals surface area contributed by atoms with Crippen LogP contribution in [0.4, 0.5) is 0 Å². The number of para-hydroxylation sites is 1. The number of hydrogen-bond acceptors (Lipinski definition) is 4. The number of carbonyl (C=O) groups is 1. The van der Waals surface area contributed by atoms with E-state index >= 15 is 0 Å². The highest BCUT2D eigenvalue weighted by atomic mass is 16.5. The van der Waals surface area contributed by atoms with Crippen LogP contribution >= 0.6 is 0 Å². The highest BCUT2D eigenvalue weighted by Crippen LogP contribution is 2.08. The first kappa shape index (κ1) is 19.6. The van der Waals surface area contributed by atoms with Crippen molar-refractivity contribution in [1.82, 2.24) is 14.5 Å². The van der Waals surface area contributed by atoms with Crippen LogP contribution in [0.5, 0.6) is 0 Å². The number of nitrogens with one attached hydrogen (secondary N) is 1. The third-order valence-corrected chi connectivity index (χ3v) is 4.57. The van der Waals surface area contributed by atoms with Crippen molar-refractivity contribution in [1.29, 1.82) is 0 Å². The van der Waals surface area contributed by atoms with Crippen molar-refractivity contribution in [3.05, 3.63) is 80.5 Å². The second-order valence-corrected chi connectivity index (χ2v) is 6.46. The summed E-state index contributed by atoms with van der Waals surface area (Å²) in [5.41, 5.74) is 1.64. The fraction of sp³-hybridized carbons (Fsp3) is 0.286. The lowest BCUT2D eigenvalue weighted by Gasteiger charge is -2.13. The molecule has 0 saturated carbocycles. The van der Waals surface area contributed by atoms with Crippen molar-refractivity contribution in [3.8, 4) is 0 Å². The summed E-state index contributed by atoms with van der Waals surface area (Å²) in [7, 11) is 1.64. The van der Waals surface area contributed by atoms with Crippen molar-refractivity contribution < 1.29 is 9.53 Å². The molecule has 0 aliphatic rings. The molecule has 3 rings (SSSR count). The molecule has 0 aliphatic carbocycles. The zero-order valence-electron chi connectivity index (χ0n) is 16.0. The standard InChI is InChI=1S/C21H23N3O4/c1-3-23-20(26)17-6-4-5-7-18(17)24(21(23)27)13-19(25)22-12-15-8-10-16(11-9-15)14-28-2/h4-11H,3,12-14H2,1-2H3,(H,22,25). The quantitative estimate of drug-likeness (QED) is 0.675. The number of nitrogens with zero attached hydrogens (tertiary/aromatic N) is 2. The monoisotopic (exact) mass is 381 g/mol. The first-order valence-electron chi connectivity index (χ1n) is 9.11. The fourth-order valence-corrected chi connectivity index (χ4v) is 3.12. The fourth-order valence-electron chi connectivity index (χ4n) is 3.12. The van der Waals surface area contributed by atoms with Gasteiger partial charge in [-0.1, -0.05) is 36.4 Å². The topological polar surface area (TPSA) is 82.3 Å². The Labute approximate surface area is 162 Å². The molecular formula is C21H23N3O4. The summed E-state index contributed by atoms with van der Waals surface area (Å²) in [5, 5.41) is 3.25. The minimum Gasteiger partial charge on any atom is -0.380 e. The van der Waals surface area contributed by atoms with Gasteiger partial charge in [0.2, 0.25) is 5.91 Å². The van der Waals surface area contributed by atoms with Crippen molar-refractivity contribution >= 4 is 16.8 Å². The molecule has 146 valence electrons. The third-order valence-electron chi connectivity index (χ3n) is 4.57. The second kappa shape index (κ2) is 8.67. The Balaban J connectivity index is 1.79. The number of amides is 1. The van der Waals surface area contributed by atoms with E-state index < -0.39 is 5.69 Å². The Morgan fingerprint density at radius 1 is 1.00 bits per heavy atom. The largest absolute Gasteiger partial charge is 0.380 e. The van der Waals surface area contributed by atoms with Gasteiger partial charge in [0.1, 0.15) is 6.54 Å². The van der Waals surface area contributed by atoms with Crippen molar-refractivity contribution in [2.24, 2.45) is 0 Å². The van der Waals surface area contributed by atoms with Crippen LogP contribution in [0.2, 0.25) is 0 Å². The molecule has 28 heavy (non-hydrogen) atoms. The van der Waals surface area contributed by atoms with Crippen LogP contribution in [0.3, 0.4) is 0 Å². The number of aromatic nitrogens is 2. The van der Waals surface area contributed by atoms with Gasteiger partial charge < -0.3 is 10.1 Å². The number of fused-ring (bicyclic) bond motifs is 1. The molecule has 3 aromatic rings. The third kappa shape index (κ3) is 4.04. The summed E-state index contributed by atoms with van der Waals surface area (Å²) in [6.07, 6.45) is 0. The SMILES string of the molecule is CCn1c(=O)c2ccccc2n(CC(=O)NCc2ccc(COC)cc2)c1=O. The molecule has 0 unspecified atom stereocenters. The van der Waals surface area contributed by atoms with Gasteiger partial charge in [0.25, 0.3) is 5.56 Å². The van der Waals surface area contributed by atoms with E-state index in [2.05, 4.69) is 5.32 Å². The molecule has 0 spiro atoms. The maximum atomic E-state index is 12.7. The van der Waals surface area contributed by atoms with Crippen LogP contribution in [0.25, 0.3) is 10.9 Å². The Morgan fingerprint density at radius 2 is 1.68 bits per heavy atom. The van der Waals surface area contributed by atoms with Gasteiger partial charge in [-0.2, -0.15) is 0 Å². The number of rotatable bonds is 7. The predicted octanol–water partition coefficient (Wildman–Crippen LogP) is 1.65. The molecule has 0 radical (unpaired) electrons. The minimum atomic E-state index is -0.481. The van der Waals surface area contributed by atoms with E-state index in [1.807, 2.05) is 24.3 Å². The van der Waals surface area contributed by atoms with Gasteiger partial charge in [-0.3, -0.25) is 18.7 Å². The van der Waals surface area contributed by atoms with E-state index in [-0.39, 0.29) is 24.6 Å². The van der Waals surface area contributed by atoms with Crippen molar-refractivity contribution in [2.75, 3.05) is 7.11 Å². The molecule has 2 aromatic carbocycles. The maximum Gasteiger partial charge on any atom is 0.331 e. The summed E-state index contributed by atoms with van der Waals surface area (Å²) < 4.78 is 7.57. The van der Waals surface area contributed by atoms with Gasteiger partial charge in [0.05, 0.1) is 17.5 Å². The molecule has 0 saturated heterocycles. The Bertz CT molecular complexity index is 1100. The molecule has 0 fully saturated rings. The zero-order chi connectivity index (χ0) is 20.1. The van der Waals surface area contributed by atoms with Crippen LogP contribution in [-0.2, 0) is 35.8 Å². The van der Waals surface area contributed by atoms with E-state index in [1.165, 1.54) is 4.57 Å². The Hall–Kier alpha value is -3.19. The number of benzene rings is 2. The van der Waals surface area contributed by atoms with Crippen molar-refractivity contribution in [2.45, 2.75) is 33.2 Å². The van der Waals surface area contributed by atoms with Crippen molar-refractivity contribution in [3.63, 3.8) is 0 Å². The molecule has 7 nitrogen and oxygen atoms in total. The molecule has 1 heterocycles. The smallest absolute Gasteiger partial charge is 0.331 e. The number of methoxy groups -OCH3 is 1. The zero-order valence-corrected chi connectivity index (χ0v) is 16.0. The van der Waals surface area contributed by atoms with Crippen LogP contribution in [-0.4, -0.2) is 22.2 Å². The molecule has 1 amide bonds. The summed E-state index contributed by atoms with van der Waals surface area (Å²) in [4.78, 5) is 37.6. The van der Waals surface area contributed by atoms with Gasteiger partial charge in [0, 0.05) is 20.2 Å². The van der Waals surface area contributed by atoms with Crippen LogP contribution < -0.4 is 16.6 Å². The average molecular weight is 381 g/mol. The number of hydrogen-bond donors (Lipinski definition) is 1. The molecule has 0 bridgehead atoms. The Kier molecular flexibility index (Phi) is 6.06. The normalized spacial score (nSPS) is 10.9. The molecule has 0 aliphatic heterocycles. The maximum absolute atomic E-state index is 12.7. The lowest BCUT2D eigenvalue weighted by molar-refractivity contribution is -0.121. The summed E-state index contributed by atoms with van der Waals surface area (Å²) in [6.45, 7) is 2.72. The summed E-state index contributed by atoms with van der Waals surface area (Å²) in [5.74, 6) is -0.297. The van der Waals surface area contributed by atoms with E-state index in [9.17, 15) is 14.4 Å². The number of carbonyl (C=O) groups excluding carboxylic acids is 1. The van der Waals surface area contributed by atoms with Crippen LogP contribution in [0.15, 0.2) is 58.1 Å². The van der Waals surface area contributed by atoms with E-state index in [1.54, 1.807) is 38.3 Å². The Morgan fingerprint density at radius 3 is 2.36 bits per heavy atom. The first-order chi connectivity index (χ1) is 13.5. The molecular weight excluding hydrogens is 358 g/mol. The molecule has 7 heteroatoms. The van der Waals surface area contributed by atoms with Gasteiger partial charge in [-0.05, 0) is 30.2 Å². The van der Waals surface area contributed by atoms with E-state index in [0.717, 1.165) is 15.7 Å². The highest BCUT2D eigenvalue weighted by Gasteiger charge is 2.14. The molecule has 1 aromatic heterocycles. The lowest BCUT2D eigenvalue weighted by atomic mass is 10.1. The van der Waals surface area contributed by atoms with Gasteiger partial charge >= 0.3 is 5.69 Å². The van der Waals surface area contributed by atoms with Crippen LogP contribution in [0.1, 0.15) is 18.1 Å². The van der Waals surface area contributed by atoms with Gasteiger partial charge in [0.15, 0.2) is 0 Å². The van der Waals surface area contributed by atoms with E-state index in [0.29, 0.717) is 24.1 Å². The molecule has 1 N–H and O–H groups in total. The first-order valence-corrected chi connectivity index (χ1v) is 9.11. The van der Waals surface area contributed by atoms with Gasteiger partial charge in [-0.25, -0.2) is 4.79 Å². The minimum absolute atomic E-state index is 0.151. The van der Waals surface area contributed by atoms with Crippen LogP contribution in [0, 0.1) is 0 Å². The second-order valence-electron chi connectivity index (χ2n) is 6.46. The summed E-state index contributed by atoms with van der Waals surface area (Å²) >= 11 is 0. The van der Waals surface area contributed by atoms with E-state index in [4.69, 9.17) is 4.74 Å². The summed E-state index contributed by atoms with van der Waals surface area (Å²) in [6, 6.07) is 14.6. The van der Waals surface area contributed by atoms with Gasteiger partial charge in [-0.15, -0.1) is 0 Å². The molecule has 0 atom stereocenters. The average Bonchev–Trinajstić information content (AvgIpc) is 2.71. The number of ether oxygens (including phenoxy) is 1.